The number of benzene rings is 1. The molecule has 0 saturated heterocycles. The summed E-state index contributed by atoms with van der Waals surface area (Å²) in [7, 11) is 2.00. The lowest BCUT2D eigenvalue weighted by molar-refractivity contribution is 0.162. The van der Waals surface area contributed by atoms with Gasteiger partial charge < -0.3 is 10.8 Å². The van der Waals surface area contributed by atoms with Crippen LogP contribution in [0, 0.1) is 0 Å². The fourth-order valence-corrected chi connectivity index (χ4v) is 2.27. The lowest BCUT2D eigenvalue weighted by atomic mass is 9.97. The van der Waals surface area contributed by atoms with Crippen LogP contribution in [0.15, 0.2) is 28.7 Å². The minimum absolute atomic E-state index is 0.0766. The zero-order chi connectivity index (χ0) is 12.8. The number of nitrogens with zero attached hydrogens (tertiary/aromatic N) is 1. The molecule has 0 heterocycles. The number of likely N-dealkylation sites (N-methyl/N-ethyl adjacent to an activating group) is 1. The maximum absolute atomic E-state index is 9.04. The maximum Gasteiger partial charge on any atom is 0.0558 e. The first kappa shape index (κ1) is 14.6. The molecule has 96 valence electrons. The highest BCUT2D eigenvalue weighted by Gasteiger charge is 2.22. The predicted octanol–water partition coefficient (Wildman–Crippen LogP) is 2.15. The lowest BCUT2D eigenvalue weighted by Gasteiger charge is -2.32. The van der Waals surface area contributed by atoms with Crippen molar-refractivity contribution in [1.29, 1.82) is 0 Å². The Morgan fingerprint density at radius 1 is 1.35 bits per heavy atom. The summed E-state index contributed by atoms with van der Waals surface area (Å²) in [5.41, 5.74) is 7.38. The minimum Gasteiger partial charge on any atom is -0.395 e. The van der Waals surface area contributed by atoms with Crippen LogP contribution >= 0.6 is 15.9 Å². The first-order chi connectivity index (χ1) is 8.10. The normalized spacial score (nSPS) is 14.9. The summed E-state index contributed by atoms with van der Waals surface area (Å²) in [6.45, 7) is 2.87. The fourth-order valence-electron chi connectivity index (χ4n) is 2.01. The van der Waals surface area contributed by atoms with Crippen molar-refractivity contribution in [3.05, 3.63) is 34.3 Å². The van der Waals surface area contributed by atoms with Crippen LogP contribution in [0.4, 0.5) is 0 Å². The van der Waals surface area contributed by atoms with Crippen molar-refractivity contribution in [2.45, 2.75) is 25.4 Å². The average molecular weight is 301 g/mol. The Hall–Kier alpha value is -0.420. The number of hydrogen-bond donors (Lipinski definition) is 2. The predicted molar refractivity (Wildman–Crippen MR) is 74.9 cm³/mol. The molecule has 4 heteroatoms. The van der Waals surface area contributed by atoms with Gasteiger partial charge in [-0.3, -0.25) is 4.90 Å². The van der Waals surface area contributed by atoms with Crippen LogP contribution in [0.2, 0.25) is 0 Å². The number of aliphatic hydroxyl groups excluding tert-OH is 1. The molecule has 0 bridgehead atoms. The van der Waals surface area contributed by atoms with Crippen LogP contribution in [-0.2, 0) is 0 Å². The van der Waals surface area contributed by atoms with Crippen molar-refractivity contribution in [2.24, 2.45) is 5.73 Å². The Morgan fingerprint density at radius 3 is 2.41 bits per heavy atom. The topological polar surface area (TPSA) is 49.5 Å². The van der Waals surface area contributed by atoms with Gasteiger partial charge in [-0.25, -0.2) is 0 Å². The van der Waals surface area contributed by atoms with Crippen LogP contribution in [-0.4, -0.2) is 36.2 Å². The summed E-state index contributed by atoms with van der Waals surface area (Å²) in [4.78, 5) is 2.11. The third-order valence-electron chi connectivity index (χ3n) is 3.02. The van der Waals surface area contributed by atoms with Gasteiger partial charge in [0.05, 0.1) is 6.61 Å². The highest BCUT2D eigenvalue weighted by atomic mass is 79.9. The van der Waals surface area contributed by atoms with Crippen LogP contribution in [0.25, 0.3) is 0 Å². The van der Waals surface area contributed by atoms with E-state index in [0.717, 1.165) is 10.9 Å². The van der Waals surface area contributed by atoms with Gasteiger partial charge in [0.25, 0.3) is 0 Å². The van der Waals surface area contributed by atoms with E-state index in [0.29, 0.717) is 6.54 Å². The molecule has 0 fully saturated rings. The zero-order valence-corrected chi connectivity index (χ0v) is 12.0. The minimum atomic E-state index is 0.0766. The molecule has 0 aliphatic rings. The van der Waals surface area contributed by atoms with Gasteiger partial charge in [0, 0.05) is 23.1 Å². The molecule has 2 atom stereocenters. The summed E-state index contributed by atoms with van der Waals surface area (Å²) < 4.78 is 1.06. The molecule has 17 heavy (non-hydrogen) atoms. The summed E-state index contributed by atoms with van der Waals surface area (Å²) in [6.07, 6.45) is 0.913. The van der Waals surface area contributed by atoms with Gasteiger partial charge in [0.2, 0.25) is 0 Å². The second kappa shape index (κ2) is 7.11. The molecular formula is C13H21BrN2O. The molecule has 0 aliphatic heterocycles. The first-order valence-electron chi connectivity index (χ1n) is 5.92. The quantitative estimate of drug-likeness (QED) is 0.846. The standard InChI is InChI=1S/C13H21BrN2O/c1-3-12(15)13(16(2)8-9-17)10-4-6-11(14)7-5-10/h4-7,12-13,17H,3,8-9,15H2,1-2H3. The monoisotopic (exact) mass is 300 g/mol. The molecule has 3 nitrogen and oxygen atoms in total. The number of aliphatic hydroxyl groups is 1. The van der Waals surface area contributed by atoms with Gasteiger partial charge in [-0.1, -0.05) is 35.0 Å². The average Bonchev–Trinajstić information content (AvgIpc) is 2.32. The second-order valence-electron chi connectivity index (χ2n) is 4.27. The number of rotatable bonds is 6. The van der Waals surface area contributed by atoms with Crippen LogP contribution in [0.5, 0.6) is 0 Å². The van der Waals surface area contributed by atoms with E-state index in [1.165, 1.54) is 5.56 Å². The summed E-state index contributed by atoms with van der Waals surface area (Å²) in [5.74, 6) is 0. The highest BCUT2D eigenvalue weighted by Crippen LogP contribution is 2.25. The fraction of sp³-hybridized carbons (Fsp3) is 0.538. The summed E-state index contributed by atoms with van der Waals surface area (Å²) >= 11 is 3.43. The van der Waals surface area contributed by atoms with E-state index in [1.54, 1.807) is 0 Å². The van der Waals surface area contributed by atoms with Crippen molar-refractivity contribution in [3.63, 3.8) is 0 Å². The Morgan fingerprint density at radius 2 is 1.94 bits per heavy atom. The van der Waals surface area contributed by atoms with Gasteiger partial charge in [0.1, 0.15) is 0 Å². The Kier molecular flexibility index (Phi) is 6.12. The van der Waals surface area contributed by atoms with Gasteiger partial charge in [0.15, 0.2) is 0 Å². The highest BCUT2D eigenvalue weighted by molar-refractivity contribution is 9.10. The van der Waals surface area contributed by atoms with Crippen molar-refractivity contribution < 1.29 is 5.11 Å². The molecule has 1 aromatic rings. The molecule has 1 rings (SSSR count). The van der Waals surface area contributed by atoms with E-state index in [1.807, 2.05) is 19.2 Å². The third kappa shape index (κ3) is 4.07. The molecule has 0 aromatic heterocycles. The molecule has 3 N–H and O–H groups in total. The van der Waals surface area contributed by atoms with Gasteiger partial charge in [-0.15, -0.1) is 0 Å². The number of halogens is 1. The maximum atomic E-state index is 9.04. The largest absolute Gasteiger partial charge is 0.395 e. The number of nitrogens with two attached hydrogens (primary N) is 1. The molecule has 0 amide bonds. The molecule has 0 radical (unpaired) electrons. The van der Waals surface area contributed by atoms with E-state index in [-0.39, 0.29) is 18.7 Å². The van der Waals surface area contributed by atoms with Crippen molar-refractivity contribution in [2.75, 3.05) is 20.2 Å². The van der Waals surface area contributed by atoms with E-state index in [9.17, 15) is 0 Å². The molecule has 1 aromatic carbocycles. The van der Waals surface area contributed by atoms with Crippen LogP contribution in [0.3, 0.4) is 0 Å². The Balaban J connectivity index is 2.93. The Bertz CT molecular complexity index is 329. The van der Waals surface area contributed by atoms with Gasteiger partial charge >= 0.3 is 0 Å². The summed E-state index contributed by atoms with van der Waals surface area (Å²) in [6, 6.07) is 8.44. The van der Waals surface area contributed by atoms with E-state index in [4.69, 9.17) is 10.8 Å². The summed E-state index contributed by atoms with van der Waals surface area (Å²) in [5, 5.41) is 9.04. The van der Waals surface area contributed by atoms with Crippen molar-refractivity contribution in [1.82, 2.24) is 4.90 Å². The van der Waals surface area contributed by atoms with Gasteiger partial charge in [-0.05, 0) is 31.2 Å². The molecule has 2 unspecified atom stereocenters. The Labute approximate surface area is 112 Å². The van der Waals surface area contributed by atoms with Gasteiger partial charge in [-0.2, -0.15) is 0 Å². The van der Waals surface area contributed by atoms with Crippen molar-refractivity contribution in [3.8, 4) is 0 Å². The van der Waals surface area contributed by atoms with Crippen molar-refractivity contribution >= 4 is 15.9 Å². The third-order valence-corrected chi connectivity index (χ3v) is 3.54. The molecular weight excluding hydrogens is 280 g/mol. The van der Waals surface area contributed by atoms with E-state index in [2.05, 4.69) is 39.9 Å². The second-order valence-corrected chi connectivity index (χ2v) is 5.19. The van der Waals surface area contributed by atoms with E-state index < -0.39 is 0 Å². The molecule has 0 aliphatic carbocycles. The SMILES string of the molecule is CCC(N)C(c1ccc(Br)cc1)N(C)CCO. The molecule has 0 saturated carbocycles. The number of hydrogen-bond acceptors (Lipinski definition) is 3. The smallest absolute Gasteiger partial charge is 0.0558 e. The van der Waals surface area contributed by atoms with Crippen LogP contribution < -0.4 is 5.73 Å². The van der Waals surface area contributed by atoms with Crippen LogP contribution in [0.1, 0.15) is 24.9 Å². The zero-order valence-electron chi connectivity index (χ0n) is 10.4. The first-order valence-corrected chi connectivity index (χ1v) is 6.71. The van der Waals surface area contributed by atoms with E-state index >= 15 is 0 Å². The molecule has 0 spiro atoms. The lowest BCUT2D eigenvalue weighted by Crippen LogP contribution is -2.40.